The third kappa shape index (κ3) is 9.21. The topological polar surface area (TPSA) is 136 Å². The van der Waals surface area contributed by atoms with Gasteiger partial charge in [-0.25, -0.2) is 10.3 Å². The van der Waals surface area contributed by atoms with E-state index in [1.807, 2.05) is 0 Å². The molecule has 1 saturated heterocycles. The molecule has 0 aliphatic carbocycles. The van der Waals surface area contributed by atoms with Gasteiger partial charge in [-0.2, -0.15) is 8.42 Å². The summed E-state index contributed by atoms with van der Waals surface area (Å²) >= 11 is 0. The maximum absolute atomic E-state index is 10.1. The highest BCUT2D eigenvalue weighted by atomic mass is 32.2. The lowest BCUT2D eigenvalue weighted by Crippen LogP contribution is -2.29. The smallest absolute Gasteiger partial charge is 0.320 e. The first-order chi connectivity index (χ1) is 5.80. The molecule has 7 nitrogen and oxygen atoms in total. The molecule has 0 aromatic carbocycles. The van der Waals surface area contributed by atoms with Crippen molar-refractivity contribution in [2.24, 2.45) is 10.3 Å². The zero-order valence-corrected chi connectivity index (χ0v) is 7.75. The molecule has 78 valence electrons. The summed E-state index contributed by atoms with van der Waals surface area (Å²) < 4.78 is 18.4. The van der Waals surface area contributed by atoms with E-state index in [1.54, 1.807) is 0 Å². The Balaban J connectivity index is 0.000000252. The molecule has 1 aliphatic heterocycles. The predicted octanol–water partition coefficient (Wildman–Crippen LogP) is -2.03. The number of hydrogen-bond acceptors (Lipinski definition) is 4. The van der Waals surface area contributed by atoms with Gasteiger partial charge in [0.2, 0.25) is 0 Å². The van der Waals surface area contributed by atoms with Crippen LogP contribution in [0.15, 0.2) is 0 Å². The molecule has 1 rings (SSSR count). The van der Waals surface area contributed by atoms with Crippen molar-refractivity contribution in [2.45, 2.75) is 18.9 Å². The first-order valence-corrected chi connectivity index (χ1v) is 5.18. The van der Waals surface area contributed by atoms with Crippen LogP contribution in [0.1, 0.15) is 12.8 Å². The molecule has 0 bridgehead atoms. The number of nitrogens with two attached hydrogens (primary N) is 2. The summed E-state index contributed by atoms with van der Waals surface area (Å²) in [5, 5.41) is 19.4. The number of carboxylic acid groups (broad SMARTS) is 1. The first kappa shape index (κ1) is 12.3. The molecule has 8 heteroatoms. The molecule has 0 saturated carbocycles. The van der Waals surface area contributed by atoms with Gasteiger partial charge in [0.25, 0.3) is 10.2 Å². The Morgan fingerprint density at radius 2 is 1.92 bits per heavy atom. The van der Waals surface area contributed by atoms with Crippen LogP contribution in [0.25, 0.3) is 0 Å². The van der Waals surface area contributed by atoms with E-state index in [9.17, 15) is 13.2 Å². The van der Waals surface area contributed by atoms with Crippen molar-refractivity contribution in [1.82, 2.24) is 5.32 Å². The van der Waals surface area contributed by atoms with Crippen LogP contribution in [0.3, 0.4) is 0 Å². The Bertz CT molecular complexity index is 249. The highest BCUT2D eigenvalue weighted by Crippen LogP contribution is 2.03. The normalized spacial score (nSPS) is 21.8. The second kappa shape index (κ2) is 5.12. The fraction of sp³-hybridized carbons (Fsp3) is 0.800. The van der Waals surface area contributed by atoms with Gasteiger partial charge in [0, 0.05) is 0 Å². The van der Waals surface area contributed by atoms with E-state index in [1.165, 1.54) is 0 Å². The maximum atomic E-state index is 10.1. The van der Waals surface area contributed by atoms with Gasteiger partial charge in [-0.15, -0.1) is 0 Å². The number of hydrogen-bond donors (Lipinski definition) is 4. The second-order valence-electron chi connectivity index (χ2n) is 2.58. The highest BCUT2D eigenvalue weighted by molar-refractivity contribution is 7.86. The van der Waals surface area contributed by atoms with Crippen LogP contribution in [0.2, 0.25) is 0 Å². The summed E-state index contributed by atoms with van der Waals surface area (Å²) in [6, 6.07) is -0.269. The quantitative estimate of drug-likeness (QED) is 0.396. The molecule has 1 aliphatic rings. The first-order valence-electron chi connectivity index (χ1n) is 3.57. The van der Waals surface area contributed by atoms with E-state index in [2.05, 4.69) is 15.6 Å². The van der Waals surface area contributed by atoms with Gasteiger partial charge in [0.1, 0.15) is 6.04 Å². The van der Waals surface area contributed by atoms with E-state index in [0.29, 0.717) is 0 Å². The van der Waals surface area contributed by atoms with E-state index in [-0.39, 0.29) is 6.04 Å². The predicted molar refractivity (Wildman–Crippen MR) is 46.0 cm³/mol. The zero-order valence-electron chi connectivity index (χ0n) is 6.93. The van der Waals surface area contributed by atoms with Crippen LogP contribution in [0, 0.1) is 0 Å². The minimum atomic E-state index is -3.67. The highest BCUT2D eigenvalue weighted by Gasteiger charge is 2.20. The van der Waals surface area contributed by atoms with Crippen molar-refractivity contribution in [3.8, 4) is 0 Å². The summed E-state index contributed by atoms with van der Waals surface area (Å²) in [4.78, 5) is 10.1. The van der Waals surface area contributed by atoms with Gasteiger partial charge < -0.3 is 10.4 Å². The van der Waals surface area contributed by atoms with Crippen molar-refractivity contribution >= 4 is 16.2 Å². The Labute approximate surface area is 76.3 Å². The van der Waals surface area contributed by atoms with Crippen LogP contribution in [-0.2, 0) is 15.0 Å². The number of aliphatic carboxylic acids is 1. The monoisotopic (exact) mass is 211 g/mol. The molecule has 0 spiro atoms. The summed E-state index contributed by atoms with van der Waals surface area (Å²) in [6.45, 7) is 0.858. The van der Waals surface area contributed by atoms with E-state index >= 15 is 0 Å². The Kier molecular flexibility index (Phi) is 4.85. The van der Waals surface area contributed by atoms with Gasteiger partial charge in [-0.3, -0.25) is 4.79 Å². The second-order valence-corrected chi connectivity index (χ2v) is 3.75. The Morgan fingerprint density at radius 1 is 1.46 bits per heavy atom. The molecular formula is C5H13N3O4S. The standard InChI is InChI=1S/C5H9NO2.H4N2O2S/c7-5(8)4-2-1-3-6-4;1-5(2,3)4/h4,6H,1-3H2,(H,7,8);(H4,1,2,3,4)/t4-;/m0./s1. The number of nitrogens with one attached hydrogen (secondary N) is 1. The molecule has 1 atom stereocenters. The van der Waals surface area contributed by atoms with Gasteiger partial charge in [0.05, 0.1) is 0 Å². The molecule has 13 heavy (non-hydrogen) atoms. The fourth-order valence-corrected chi connectivity index (χ4v) is 0.895. The minimum absolute atomic E-state index is 0.269. The van der Waals surface area contributed by atoms with Crippen molar-refractivity contribution < 1.29 is 18.3 Å². The lowest BCUT2D eigenvalue weighted by molar-refractivity contribution is -0.139. The summed E-state index contributed by atoms with van der Waals surface area (Å²) in [5.74, 6) is -0.720. The van der Waals surface area contributed by atoms with Gasteiger partial charge in [0.15, 0.2) is 0 Å². The van der Waals surface area contributed by atoms with Crippen molar-refractivity contribution in [1.29, 1.82) is 0 Å². The molecular weight excluding hydrogens is 198 g/mol. The Morgan fingerprint density at radius 3 is 2.08 bits per heavy atom. The molecule has 0 amide bonds. The van der Waals surface area contributed by atoms with Crippen LogP contribution in [0.5, 0.6) is 0 Å². The zero-order chi connectivity index (χ0) is 10.5. The van der Waals surface area contributed by atoms with E-state index in [4.69, 9.17) is 5.11 Å². The number of carboxylic acids is 1. The molecule has 0 aromatic heterocycles. The van der Waals surface area contributed by atoms with Gasteiger partial charge in [-0.1, -0.05) is 0 Å². The SMILES string of the molecule is NS(N)(=O)=O.O=C(O)[C@@H]1CCCN1. The van der Waals surface area contributed by atoms with Gasteiger partial charge >= 0.3 is 5.97 Å². The molecule has 0 radical (unpaired) electrons. The minimum Gasteiger partial charge on any atom is -0.480 e. The van der Waals surface area contributed by atoms with Crippen LogP contribution in [0.4, 0.5) is 0 Å². The largest absolute Gasteiger partial charge is 0.480 e. The van der Waals surface area contributed by atoms with Crippen molar-refractivity contribution in [3.63, 3.8) is 0 Å². The molecule has 6 N–H and O–H groups in total. The van der Waals surface area contributed by atoms with Crippen molar-refractivity contribution in [3.05, 3.63) is 0 Å². The average Bonchev–Trinajstić information content (AvgIpc) is 2.31. The van der Waals surface area contributed by atoms with Gasteiger partial charge in [-0.05, 0) is 19.4 Å². The number of carbonyl (C=O) groups is 1. The lowest BCUT2D eigenvalue weighted by atomic mass is 10.2. The van der Waals surface area contributed by atoms with Crippen LogP contribution >= 0.6 is 0 Å². The third-order valence-corrected chi connectivity index (χ3v) is 1.36. The maximum Gasteiger partial charge on any atom is 0.320 e. The lowest BCUT2D eigenvalue weighted by Gasteiger charge is -1.99. The summed E-state index contributed by atoms with van der Waals surface area (Å²) in [6.07, 6.45) is 1.78. The molecule has 1 fully saturated rings. The Hall–Kier alpha value is -0.700. The fourth-order valence-electron chi connectivity index (χ4n) is 0.895. The van der Waals surface area contributed by atoms with Crippen molar-refractivity contribution in [2.75, 3.05) is 6.54 Å². The van der Waals surface area contributed by atoms with E-state index < -0.39 is 16.2 Å². The summed E-state index contributed by atoms with van der Waals surface area (Å²) in [7, 11) is -3.67. The van der Waals surface area contributed by atoms with Crippen LogP contribution < -0.4 is 15.6 Å². The third-order valence-electron chi connectivity index (χ3n) is 1.36. The molecule has 0 aromatic rings. The average molecular weight is 211 g/mol. The van der Waals surface area contributed by atoms with Crippen LogP contribution in [-0.4, -0.2) is 32.1 Å². The molecule has 1 heterocycles. The van der Waals surface area contributed by atoms with E-state index in [0.717, 1.165) is 19.4 Å². The molecule has 0 unspecified atom stereocenters. The number of rotatable bonds is 1. The summed E-state index contributed by atoms with van der Waals surface area (Å²) in [5.41, 5.74) is 0.